The van der Waals surface area contributed by atoms with Crippen LogP contribution in [0.2, 0.25) is 4.34 Å². The summed E-state index contributed by atoms with van der Waals surface area (Å²) in [6.45, 7) is 2.01. The van der Waals surface area contributed by atoms with E-state index in [9.17, 15) is 0 Å². The van der Waals surface area contributed by atoms with Crippen molar-refractivity contribution in [3.05, 3.63) is 27.0 Å². The molecule has 0 unspecified atom stereocenters. The van der Waals surface area contributed by atoms with Crippen LogP contribution in [0.5, 0.6) is 0 Å². The zero-order valence-electron chi connectivity index (χ0n) is 7.92. The van der Waals surface area contributed by atoms with E-state index in [-0.39, 0.29) is 0 Å². The number of halogens is 1. The number of thiazole rings is 1. The van der Waals surface area contributed by atoms with Crippen LogP contribution in [0.4, 0.5) is 0 Å². The van der Waals surface area contributed by atoms with Crippen LogP contribution in [-0.4, -0.2) is 11.5 Å². The van der Waals surface area contributed by atoms with Crippen molar-refractivity contribution in [2.45, 2.75) is 13.0 Å². The number of thiophene rings is 1. The summed E-state index contributed by atoms with van der Waals surface area (Å²) in [7, 11) is 0. The third-order valence-electron chi connectivity index (χ3n) is 2.39. The minimum absolute atomic E-state index is 0.830. The van der Waals surface area contributed by atoms with Crippen molar-refractivity contribution in [1.82, 2.24) is 10.3 Å². The SMILES string of the molecule is Clc1ccc(-c2nc3c(s2)CNCC3)s1. The maximum absolute atomic E-state index is 5.92. The molecule has 3 heterocycles. The first-order valence-corrected chi connectivity index (χ1v) is 6.79. The minimum atomic E-state index is 0.830. The second kappa shape index (κ2) is 3.87. The highest BCUT2D eigenvalue weighted by molar-refractivity contribution is 7.23. The van der Waals surface area contributed by atoms with E-state index in [2.05, 4.69) is 10.3 Å². The van der Waals surface area contributed by atoms with Gasteiger partial charge in [-0.3, -0.25) is 0 Å². The average Bonchev–Trinajstić information content (AvgIpc) is 2.82. The number of nitrogens with one attached hydrogen (secondary N) is 1. The molecule has 1 N–H and O–H groups in total. The Morgan fingerprint density at radius 3 is 3.00 bits per heavy atom. The van der Waals surface area contributed by atoms with Gasteiger partial charge in [0.25, 0.3) is 0 Å². The Hall–Kier alpha value is -0.420. The molecule has 15 heavy (non-hydrogen) atoms. The van der Waals surface area contributed by atoms with Gasteiger partial charge in [0.1, 0.15) is 5.01 Å². The lowest BCUT2D eigenvalue weighted by Crippen LogP contribution is -2.22. The van der Waals surface area contributed by atoms with Crippen molar-refractivity contribution < 1.29 is 0 Å². The Bertz CT molecular complexity index is 466. The molecule has 0 aliphatic carbocycles. The first-order valence-electron chi connectivity index (χ1n) is 4.78. The van der Waals surface area contributed by atoms with Crippen LogP contribution in [0.15, 0.2) is 12.1 Å². The summed E-state index contributed by atoms with van der Waals surface area (Å²) >= 11 is 9.30. The molecular weight excluding hydrogens is 248 g/mol. The predicted molar refractivity (Wildman–Crippen MR) is 65.8 cm³/mol. The molecule has 5 heteroatoms. The van der Waals surface area contributed by atoms with Crippen LogP contribution in [0, 0.1) is 0 Å². The number of hydrogen-bond acceptors (Lipinski definition) is 4. The van der Waals surface area contributed by atoms with Gasteiger partial charge in [-0.15, -0.1) is 22.7 Å². The summed E-state index contributed by atoms with van der Waals surface area (Å²) in [5, 5.41) is 4.47. The lowest BCUT2D eigenvalue weighted by Gasteiger charge is -2.09. The molecule has 0 atom stereocenters. The van der Waals surface area contributed by atoms with Crippen LogP contribution in [0.1, 0.15) is 10.6 Å². The molecule has 2 aromatic heterocycles. The summed E-state index contributed by atoms with van der Waals surface area (Å²) in [5.41, 5.74) is 1.26. The molecule has 0 fully saturated rings. The molecule has 1 aliphatic rings. The summed E-state index contributed by atoms with van der Waals surface area (Å²) in [4.78, 5) is 7.22. The van der Waals surface area contributed by atoms with Gasteiger partial charge in [0.15, 0.2) is 0 Å². The van der Waals surface area contributed by atoms with E-state index in [1.165, 1.54) is 15.4 Å². The maximum Gasteiger partial charge on any atom is 0.133 e. The summed E-state index contributed by atoms with van der Waals surface area (Å²) in [6, 6.07) is 3.98. The second-order valence-electron chi connectivity index (χ2n) is 3.42. The van der Waals surface area contributed by atoms with Crippen molar-refractivity contribution in [1.29, 1.82) is 0 Å². The lowest BCUT2D eigenvalue weighted by molar-refractivity contribution is 0.644. The van der Waals surface area contributed by atoms with Crippen LogP contribution < -0.4 is 5.32 Å². The highest BCUT2D eigenvalue weighted by Gasteiger charge is 2.16. The van der Waals surface area contributed by atoms with Crippen molar-refractivity contribution in [3.63, 3.8) is 0 Å². The van der Waals surface area contributed by atoms with Gasteiger partial charge in [-0.1, -0.05) is 11.6 Å². The Kier molecular flexibility index (Phi) is 2.52. The molecule has 0 saturated heterocycles. The Balaban J connectivity index is 2.02. The first-order chi connectivity index (χ1) is 7.33. The van der Waals surface area contributed by atoms with Gasteiger partial charge in [0.2, 0.25) is 0 Å². The first kappa shape index (κ1) is 9.78. The third kappa shape index (κ3) is 1.83. The normalized spacial score (nSPS) is 15.3. The maximum atomic E-state index is 5.92. The van der Waals surface area contributed by atoms with Crippen LogP contribution in [-0.2, 0) is 13.0 Å². The topological polar surface area (TPSA) is 24.9 Å². The molecular formula is C10H9ClN2S2. The molecule has 0 spiro atoms. The fourth-order valence-electron chi connectivity index (χ4n) is 1.66. The van der Waals surface area contributed by atoms with Crippen LogP contribution in [0.25, 0.3) is 9.88 Å². The fraction of sp³-hybridized carbons (Fsp3) is 0.300. The van der Waals surface area contributed by atoms with E-state index in [4.69, 9.17) is 11.6 Å². The molecule has 3 rings (SSSR count). The highest BCUT2D eigenvalue weighted by Crippen LogP contribution is 2.35. The molecule has 2 aromatic rings. The molecule has 0 aromatic carbocycles. The molecule has 2 nitrogen and oxygen atoms in total. The number of rotatable bonds is 1. The minimum Gasteiger partial charge on any atom is -0.311 e. The average molecular weight is 257 g/mol. The van der Waals surface area contributed by atoms with E-state index < -0.39 is 0 Å². The van der Waals surface area contributed by atoms with Crippen LogP contribution in [0.3, 0.4) is 0 Å². The van der Waals surface area contributed by atoms with Gasteiger partial charge in [0, 0.05) is 24.4 Å². The third-order valence-corrected chi connectivity index (χ3v) is 4.88. The number of fused-ring (bicyclic) bond motifs is 1. The summed E-state index contributed by atoms with van der Waals surface area (Å²) < 4.78 is 0.830. The monoisotopic (exact) mass is 256 g/mol. The van der Waals surface area contributed by atoms with E-state index in [0.29, 0.717) is 0 Å². The Morgan fingerprint density at radius 2 is 2.27 bits per heavy atom. The van der Waals surface area contributed by atoms with Gasteiger partial charge in [-0.05, 0) is 12.1 Å². The van der Waals surface area contributed by atoms with E-state index in [0.717, 1.165) is 28.9 Å². The number of hydrogen-bond donors (Lipinski definition) is 1. The van der Waals surface area contributed by atoms with Gasteiger partial charge < -0.3 is 5.32 Å². The zero-order chi connectivity index (χ0) is 10.3. The highest BCUT2D eigenvalue weighted by atomic mass is 35.5. The van der Waals surface area contributed by atoms with Gasteiger partial charge in [-0.25, -0.2) is 4.98 Å². The molecule has 1 aliphatic heterocycles. The van der Waals surface area contributed by atoms with E-state index >= 15 is 0 Å². The van der Waals surface area contributed by atoms with Crippen molar-refractivity contribution in [2.75, 3.05) is 6.54 Å². The van der Waals surface area contributed by atoms with Gasteiger partial charge in [-0.2, -0.15) is 0 Å². The molecule has 0 amide bonds. The lowest BCUT2D eigenvalue weighted by atomic mass is 10.2. The summed E-state index contributed by atoms with van der Waals surface area (Å²) in [6.07, 6.45) is 1.05. The molecule has 0 bridgehead atoms. The number of aromatic nitrogens is 1. The van der Waals surface area contributed by atoms with E-state index in [1.807, 2.05) is 12.1 Å². The smallest absolute Gasteiger partial charge is 0.133 e. The van der Waals surface area contributed by atoms with Crippen molar-refractivity contribution in [2.24, 2.45) is 0 Å². The van der Waals surface area contributed by atoms with Crippen molar-refractivity contribution in [3.8, 4) is 9.88 Å². The standard InChI is InChI=1S/C10H9ClN2S2/c11-9-2-1-7(14-9)10-13-6-3-4-12-5-8(6)15-10/h1-2,12H,3-5H2. The van der Waals surface area contributed by atoms with Gasteiger partial charge >= 0.3 is 0 Å². The van der Waals surface area contributed by atoms with Gasteiger partial charge in [0.05, 0.1) is 14.9 Å². The molecule has 0 radical (unpaired) electrons. The number of nitrogens with zero attached hydrogens (tertiary/aromatic N) is 1. The van der Waals surface area contributed by atoms with Crippen LogP contribution >= 0.6 is 34.3 Å². The Labute approximate surface area is 101 Å². The quantitative estimate of drug-likeness (QED) is 0.848. The van der Waals surface area contributed by atoms with Crippen molar-refractivity contribution >= 4 is 34.3 Å². The molecule has 78 valence electrons. The fourth-order valence-corrected chi connectivity index (χ4v) is 3.84. The molecule has 0 saturated carbocycles. The predicted octanol–water partition coefficient (Wildman–Crippen LogP) is 3.17. The second-order valence-corrected chi connectivity index (χ2v) is 6.22. The Morgan fingerprint density at radius 1 is 1.33 bits per heavy atom. The zero-order valence-corrected chi connectivity index (χ0v) is 10.3. The summed E-state index contributed by atoms with van der Waals surface area (Å²) in [5.74, 6) is 0. The largest absolute Gasteiger partial charge is 0.311 e. The van der Waals surface area contributed by atoms with E-state index in [1.54, 1.807) is 22.7 Å².